The molecule has 0 unspecified atom stereocenters. The van der Waals surface area contributed by atoms with Crippen molar-refractivity contribution >= 4 is 39.4 Å². The number of nitrogens with zero attached hydrogens (tertiary/aromatic N) is 4. The Kier molecular flexibility index (Phi) is 4.67. The second-order valence-electron chi connectivity index (χ2n) is 5.90. The van der Waals surface area contributed by atoms with Crippen LogP contribution in [0.5, 0.6) is 0 Å². The second-order valence-corrected chi connectivity index (χ2v) is 7.06. The van der Waals surface area contributed by atoms with E-state index in [1.165, 1.54) is 0 Å². The van der Waals surface area contributed by atoms with Crippen molar-refractivity contribution in [2.75, 3.05) is 26.3 Å². The molecule has 0 aliphatic carbocycles. The van der Waals surface area contributed by atoms with Gasteiger partial charge in [-0.25, -0.2) is 9.97 Å². The lowest BCUT2D eigenvalue weighted by molar-refractivity contribution is -0.135. The molecule has 0 N–H and O–H groups in total. The van der Waals surface area contributed by atoms with E-state index in [9.17, 15) is 4.79 Å². The number of fused-ring (bicyclic) bond motifs is 1. The summed E-state index contributed by atoms with van der Waals surface area (Å²) in [5.41, 5.74) is 2.02. The van der Waals surface area contributed by atoms with E-state index >= 15 is 0 Å². The quantitative estimate of drug-likeness (QED) is 0.579. The van der Waals surface area contributed by atoms with Crippen molar-refractivity contribution < 1.29 is 9.53 Å². The summed E-state index contributed by atoms with van der Waals surface area (Å²) in [6, 6.07) is 7.93. The zero-order valence-electron chi connectivity index (χ0n) is 13.6. The van der Waals surface area contributed by atoms with Gasteiger partial charge in [0.15, 0.2) is 5.82 Å². The van der Waals surface area contributed by atoms with E-state index in [4.69, 9.17) is 4.74 Å². The lowest BCUT2D eigenvalue weighted by Crippen LogP contribution is -2.42. The number of hydrogen-bond donors (Lipinski definition) is 0. The standard InChI is InChI=1S/C18H17IN4O2/c19-15-11-23(12-17(24)22-6-8-25-9-7-22)16-3-2-13(10-14(15)16)18-20-4-1-5-21-18/h1-5,10-11H,6-9,12H2. The number of carbonyl (C=O) groups excluding carboxylic acids is 1. The Labute approximate surface area is 159 Å². The summed E-state index contributed by atoms with van der Waals surface area (Å²) in [5.74, 6) is 0.837. The molecule has 1 aliphatic rings. The molecule has 1 amide bonds. The molecule has 2 aromatic heterocycles. The van der Waals surface area contributed by atoms with Gasteiger partial charge in [-0.15, -0.1) is 0 Å². The number of benzene rings is 1. The number of morpholine rings is 1. The van der Waals surface area contributed by atoms with Gasteiger partial charge < -0.3 is 14.2 Å². The average molecular weight is 448 g/mol. The molecular formula is C18H17IN4O2. The highest BCUT2D eigenvalue weighted by atomic mass is 127. The molecule has 4 rings (SSSR count). The molecule has 7 heteroatoms. The number of halogens is 1. The summed E-state index contributed by atoms with van der Waals surface area (Å²) in [4.78, 5) is 23.0. The van der Waals surface area contributed by atoms with E-state index in [1.807, 2.05) is 27.8 Å². The second kappa shape index (κ2) is 7.09. The van der Waals surface area contributed by atoms with Crippen molar-refractivity contribution in [3.63, 3.8) is 0 Å². The lowest BCUT2D eigenvalue weighted by Gasteiger charge is -2.27. The first-order valence-corrected chi connectivity index (χ1v) is 9.21. The van der Waals surface area contributed by atoms with Gasteiger partial charge in [0, 0.05) is 51.7 Å². The van der Waals surface area contributed by atoms with E-state index in [2.05, 4.69) is 38.6 Å². The van der Waals surface area contributed by atoms with Crippen LogP contribution in [0.25, 0.3) is 22.3 Å². The topological polar surface area (TPSA) is 60.2 Å². The van der Waals surface area contributed by atoms with E-state index in [-0.39, 0.29) is 5.91 Å². The third-order valence-electron chi connectivity index (χ3n) is 4.33. The third kappa shape index (κ3) is 3.38. The molecule has 25 heavy (non-hydrogen) atoms. The summed E-state index contributed by atoms with van der Waals surface area (Å²) in [6.45, 7) is 2.93. The maximum atomic E-state index is 12.5. The first-order chi connectivity index (χ1) is 12.2. The Morgan fingerprint density at radius 2 is 1.96 bits per heavy atom. The van der Waals surface area contributed by atoms with Crippen molar-refractivity contribution in [1.29, 1.82) is 0 Å². The van der Waals surface area contributed by atoms with Gasteiger partial charge in [-0.3, -0.25) is 4.79 Å². The predicted octanol–water partition coefficient (Wildman–Crippen LogP) is 2.56. The molecular weight excluding hydrogens is 431 g/mol. The van der Waals surface area contributed by atoms with Crippen molar-refractivity contribution in [2.45, 2.75) is 6.54 Å². The molecule has 0 bridgehead atoms. The summed E-state index contributed by atoms with van der Waals surface area (Å²) < 4.78 is 8.45. The van der Waals surface area contributed by atoms with Crippen molar-refractivity contribution in [1.82, 2.24) is 19.4 Å². The average Bonchev–Trinajstić information content (AvgIpc) is 2.98. The molecule has 1 aliphatic heterocycles. The van der Waals surface area contributed by atoms with Crippen LogP contribution in [0.4, 0.5) is 0 Å². The van der Waals surface area contributed by atoms with Gasteiger partial charge in [0.2, 0.25) is 5.91 Å². The van der Waals surface area contributed by atoms with Crippen LogP contribution in [0.2, 0.25) is 0 Å². The first-order valence-electron chi connectivity index (χ1n) is 8.14. The van der Waals surface area contributed by atoms with E-state index < -0.39 is 0 Å². The monoisotopic (exact) mass is 448 g/mol. The van der Waals surface area contributed by atoms with Crippen LogP contribution in [0.3, 0.4) is 0 Å². The van der Waals surface area contributed by atoms with Gasteiger partial charge >= 0.3 is 0 Å². The minimum Gasteiger partial charge on any atom is -0.378 e. The van der Waals surface area contributed by atoms with Gasteiger partial charge in [0.1, 0.15) is 6.54 Å². The van der Waals surface area contributed by atoms with Crippen LogP contribution in [0, 0.1) is 3.57 Å². The van der Waals surface area contributed by atoms with Crippen LogP contribution in [0.15, 0.2) is 42.9 Å². The van der Waals surface area contributed by atoms with E-state index in [1.54, 1.807) is 18.5 Å². The molecule has 128 valence electrons. The molecule has 3 heterocycles. The fourth-order valence-corrected chi connectivity index (χ4v) is 3.80. The van der Waals surface area contributed by atoms with E-state index in [0.29, 0.717) is 38.7 Å². The molecule has 0 saturated carbocycles. The summed E-state index contributed by atoms with van der Waals surface area (Å²) >= 11 is 2.31. The summed E-state index contributed by atoms with van der Waals surface area (Å²) in [6.07, 6.45) is 5.51. The maximum Gasteiger partial charge on any atom is 0.242 e. The molecule has 1 saturated heterocycles. The Morgan fingerprint density at radius 1 is 1.20 bits per heavy atom. The van der Waals surface area contributed by atoms with Crippen LogP contribution < -0.4 is 0 Å². The highest BCUT2D eigenvalue weighted by molar-refractivity contribution is 14.1. The minimum absolute atomic E-state index is 0.132. The molecule has 6 nitrogen and oxygen atoms in total. The Hall–Kier alpha value is -2.00. The number of rotatable bonds is 3. The number of ether oxygens (including phenoxy) is 1. The Morgan fingerprint density at radius 3 is 2.72 bits per heavy atom. The molecule has 1 aromatic carbocycles. The summed E-state index contributed by atoms with van der Waals surface area (Å²) in [5, 5.41) is 1.11. The maximum absolute atomic E-state index is 12.5. The number of hydrogen-bond acceptors (Lipinski definition) is 4. The van der Waals surface area contributed by atoms with Crippen molar-refractivity contribution in [2.24, 2.45) is 0 Å². The molecule has 0 atom stereocenters. The highest BCUT2D eigenvalue weighted by Gasteiger charge is 2.18. The van der Waals surface area contributed by atoms with Crippen molar-refractivity contribution in [3.05, 3.63) is 46.4 Å². The Bertz CT molecular complexity index is 904. The fourth-order valence-electron chi connectivity index (χ4n) is 3.03. The fraction of sp³-hybridized carbons (Fsp3) is 0.278. The van der Waals surface area contributed by atoms with Crippen molar-refractivity contribution in [3.8, 4) is 11.4 Å². The van der Waals surface area contributed by atoms with Gasteiger partial charge in [0.25, 0.3) is 0 Å². The SMILES string of the molecule is O=C(Cn1cc(I)c2cc(-c3ncccn3)ccc21)N1CCOCC1. The number of amides is 1. The predicted molar refractivity (Wildman–Crippen MR) is 103 cm³/mol. The van der Waals surface area contributed by atoms with Crippen LogP contribution in [-0.2, 0) is 16.1 Å². The molecule has 0 radical (unpaired) electrons. The normalized spacial score (nSPS) is 14.8. The molecule has 0 spiro atoms. The van der Waals surface area contributed by atoms with Crippen LogP contribution in [-0.4, -0.2) is 51.6 Å². The summed E-state index contributed by atoms with van der Waals surface area (Å²) in [7, 11) is 0. The smallest absolute Gasteiger partial charge is 0.242 e. The zero-order chi connectivity index (χ0) is 17.2. The number of aromatic nitrogens is 3. The highest BCUT2D eigenvalue weighted by Crippen LogP contribution is 2.27. The largest absolute Gasteiger partial charge is 0.378 e. The van der Waals surface area contributed by atoms with Gasteiger partial charge in [-0.05, 0) is 46.9 Å². The van der Waals surface area contributed by atoms with Crippen LogP contribution >= 0.6 is 22.6 Å². The zero-order valence-corrected chi connectivity index (χ0v) is 15.7. The minimum atomic E-state index is 0.132. The van der Waals surface area contributed by atoms with Gasteiger partial charge in [0.05, 0.1) is 13.2 Å². The third-order valence-corrected chi connectivity index (χ3v) is 5.19. The van der Waals surface area contributed by atoms with E-state index in [0.717, 1.165) is 20.0 Å². The Balaban J connectivity index is 1.63. The van der Waals surface area contributed by atoms with Gasteiger partial charge in [-0.2, -0.15) is 0 Å². The first kappa shape index (κ1) is 16.5. The van der Waals surface area contributed by atoms with Crippen LogP contribution in [0.1, 0.15) is 0 Å². The molecule has 1 fully saturated rings. The van der Waals surface area contributed by atoms with Gasteiger partial charge in [-0.1, -0.05) is 0 Å². The molecule has 3 aromatic rings. The number of carbonyl (C=O) groups is 1. The lowest BCUT2D eigenvalue weighted by atomic mass is 10.1.